The molecule has 0 radical (unpaired) electrons. The van der Waals surface area contributed by atoms with Gasteiger partial charge in [0.05, 0.1) is 30.9 Å². The van der Waals surface area contributed by atoms with Crippen molar-refractivity contribution in [2.24, 2.45) is 0 Å². The van der Waals surface area contributed by atoms with E-state index in [0.717, 1.165) is 50.3 Å². The Hall–Kier alpha value is -2.02. The summed E-state index contributed by atoms with van der Waals surface area (Å²) in [5.41, 5.74) is 2.20. The van der Waals surface area contributed by atoms with Crippen LogP contribution in [0.1, 0.15) is 61.2 Å². The summed E-state index contributed by atoms with van der Waals surface area (Å²) >= 11 is 6.72. The number of methoxy groups -OCH3 is 1. The van der Waals surface area contributed by atoms with Crippen LogP contribution in [0.25, 0.3) is 0 Å². The Labute approximate surface area is 248 Å². The molecule has 0 amide bonds. The van der Waals surface area contributed by atoms with E-state index < -0.39 is 16.3 Å². The fourth-order valence-corrected chi connectivity index (χ4v) is 8.84. The molecule has 2 atom stereocenters. The van der Waals surface area contributed by atoms with Gasteiger partial charge in [0.15, 0.2) is 12.5 Å². The average molecular weight is 608 g/mol. The van der Waals surface area contributed by atoms with Gasteiger partial charge in [-0.1, -0.05) is 24.4 Å². The van der Waals surface area contributed by atoms with E-state index in [1.807, 2.05) is 9.47 Å². The molecule has 41 heavy (non-hydrogen) atoms. The van der Waals surface area contributed by atoms with Gasteiger partial charge in [-0.3, -0.25) is 14.6 Å². The number of rotatable bonds is 10. The Balaban J connectivity index is 1.26. The maximum absolute atomic E-state index is 13.9. The van der Waals surface area contributed by atoms with E-state index in [2.05, 4.69) is 4.90 Å². The number of benzene rings is 1. The first kappa shape index (κ1) is 30.4. The van der Waals surface area contributed by atoms with E-state index in [1.54, 1.807) is 37.4 Å². The maximum atomic E-state index is 13.9. The SMILES string of the molecule is COc1cc(C)c(S(=O)(=O)N2CCCCC2COC(C=O)N2CCn3c(nc(CN4CCCCC4)c3Cl)C2)c(C)c1. The Morgan fingerprint density at radius 1 is 1.05 bits per heavy atom. The molecule has 0 spiro atoms. The summed E-state index contributed by atoms with van der Waals surface area (Å²) in [4.78, 5) is 21.7. The van der Waals surface area contributed by atoms with Crippen molar-refractivity contribution in [2.75, 3.05) is 39.9 Å². The van der Waals surface area contributed by atoms with Crippen molar-refractivity contribution in [1.82, 2.24) is 23.7 Å². The van der Waals surface area contributed by atoms with Gasteiger partial charge in [-0.2, -0.15) is 4.31 Å². The van der Waals surface area contributed by atoms with Gasteiger partial charge in [0.2, 0.25) is 10.0 Å². The van der Waals surface area contributed by atoms with E-state index in [-0.39, 0.29) is 12.6 Å². The molecule has 3 aliphatic heterocycles. The molecular formula is C29H42ClN5O5S. The van der Waals surface area contributed by atoms with Crippen molar-refractivity contribution in [3.05, 3.63) is 39.9 Å². The zero-order valence-corrected chi connectivity index (χ0v) is 25.9. The summed E-state index contributed by atoms with van der Waals surface area (Å²) in [6.07, 6.45) is 6.07. The number of likely N-dealkylation sites (tertiary alicyclic amines) is 1. The number of hydrogen-bond acceptors (Lipinski definition) is 8. The molecule has 1 aromatic heterocycles. The molecular weight excluding hydrogens is 566 g/mol. The topological polar surface area (TPSA) is 97.2 Å². The summed E-state index contributed by atoms with van der Waals surface area (Å²) in [6, 6.07) is 3.15. The molecule has 1 aromatic carbocycles. The molecule has 0 aliphatic carbocycles. The van der Waals surface area contributed by atoms with Gasteiger partial charge in [0.1, 0.15) is 16.7 Å². The normalized spacial score (nSPS) is 21.9. The van der Waals surface area contributed by atoms with Crippen LogP contribution in [0.5, 0.6) is 5.75 Å². The highest BCUT2D eigenvalue weighted by Gasteiger charge is 2.37. The summed E-state index contributed by atoms with van der Waals surface area (Å²) < 4.78 is 42.9. The fraction of sp³-hybridized carbons (Fsp3) is 0.655. The maximum Gasteiger partial charge on any atom is 0.243 e. The summed E-state index contributed by atoms with van der Waals surface area (Å²) in [5, 5.41) is 0.681. The van der Waals surface area contributed by atoms with Gasteiger partial charge in [-0.25, -0.2) is 13.4 Å². The molecule has 2 aromatic rings. The third-order valence-electron chi connectivity index (χ3n) is 8.57. The number of aryl methyl sites for hydroxylation is 2. The predicted molar refractivity (Wildman–Crippen MR) is 157 cm³/mol. The minimum absolute atomic E-state index is 0.142. The van der Waals surface area contributed by atoms with Crippen LogP contribution in [0.4, 0.5) is 0 Å². The van der Waals surface area contributed by atoms with Crippen molar-refractivity contribution < 1.29 is 22.7 Å². The van der Waals surface area contributed by atoms with Crippen molar-refractivity contribution in [3.8, 4) is 5.75 Å². The van der Waals surface area contributed by atoms with E-state index in [1.165, 1.54) is 19.3 Å². The highest BCUT2D eigenvalue weighted by Crippen LogP contribution is 2.32. The summed E-state index contributed by atoms with van der Waals surface area (Å²) in [6.45, 7) is 8.69. The van der Waals surface area contributed by atoms with Gasteiger partial charge in [-0.15, -0.1) is 0 Å². The zero-order chi connectivity index (χ0) is 29.1. The van der Waals surface area contributed by atoms with E-state index in [0.29, 0.717) is 59.5 Å². The van der Waals surface area contributed by atoms with Crippen molar-refractivity contribution in [1.29, 1.82) is 0 Å². The molecule has 3 aliphatic rings. The Morgan fingerprint density at radius 3 is 2.44 bits per heavy atom. The second-order valence-electron chi connectivity index (χ2n) is 11.4. The lowest BCUT2D eigenvalue weighted by atomic mass is 10.1. The van der Waals surface area contributed by atoms with Crippen molar-refractivity contribution >= 4 is 27.9 Å². The standard InChI is InChI=1S/C29H42ClN5O5S/c1-21-15-24(39-3)16-22(2)28(21)41(37,38)35-12-8-5-9-23(35)20-40-27(19-36)33-13-14-34-26(18-33)31-25(29(34)30)17-32-10-6-4-7-11-32/h15-16,19,23,27H,4-14,17-18,20H2,1-3H3. The van der Waals surface area contributed by atoms with Crippen LogP contribution < -0.4 is 4.74 Å². The number of sulfonamides is 1. The monoisotopic (exact) mass is 607 g/mol. The van der Waals surface area contributed by atoms with Gasteiger partial charge in [-0.05, 0) is 75.9 Å². The van der Waals surface area contributed by atoms with E-state index in [9.17, 15) is 13.2 Å². The lowest BCUT2D eigenvalue weighted by molar-refractivity contribution is -0.136. The van der Waals surface area contributed by atoms with Crippen LogP contribution in [-0.4, -0.2) is 90.5 Å². The molecule has 0 bridgehead atoms. The molecule has 2 saturated heterocycles. The third kappa shape index (κ3) is 6.50. The van der Waals surface area contributed by atoms with E-state index >= 15 is 0 Å². The van der Waals surface area contributed by atoms with Gasteiger partial charge in [0, 0.05) is 32.2 Å². The van der Waals surface area contributed by atoms with Gasteiger partial charge < -0.3 is 14.0 Å². The number of carbonyl (C=O) groups is 1. The number of imidazole rings is 1. The van der Waals surface area contributed by atoms with Crippen LogP contribution in [0.3, 0.4) is 0 Å². The molecule has 12 heteroatoms. The predicted octanol–water partition coefficient (Wildman–Crippen LogP) is 3.75. The molecule has 10 nitrogen and oxygen atoms in total. The molecule has 5 rings (SSSR count). The van der Waals surface area contributed by atoms with Gasteiger partial charge >= 0.3 is 0 Å². The lowest BCUT2D eigenvalue weighted by Gasteiger charge is -2.37. The average Bonchev–Trinajstić information content (AvgIpc) is 3.27. The first-order valence-electron chi connectivity index (χ1n) is 14.7. The molecule has 0 saturated carbocycles. The zero-order valence-electron chi connectivity index (χ0n) is 24.3. The molecule has 2 fully saturated rings. The highest BCUT2D eigenvalue weighted by atomic mass is 35.5. The number of hydrogen-bond donors (Lipinski definition) is 0. The molecule has 4 heterocycles. The van der Waals surface area contributed by atoms with Crippen LogP contribution in [-0.2, 0) is 39.2 Å². The quantitative estimate of drug-likeness (QED) is 0.377. The first-order valence-corrected chi connectivity index (χ1v) is 16.5. The summed E-state index contributed by atoms with van der Waals surface area (Å²) in [7, 11) is -2.20. The molecule has 2 unspecified atom stereocenters. The smallest absolute Gasteiger partial charge is 0.243 e. The summed E-state index contributed by atoms with van der Waals surface area (Å²) in [5.74, 6) is 1.46. The second kappa shape index (κ2) is 13.1. The Morgan fingerprint density at radius 2 is 1.76 bits per heavy atom. The number of piperidine rings is 2. The Kier molecular flexibility index (Phi) is 9.72. The second-order valence-corrected chi connectivity index (χ2v) is 13.6. The number of fused-ring (bicyclic) bond motifs is 1. The largest absolute Gasteiger partial charge is 0.497 e. The first-order chi connectivity index (χ1) is 19.7. The number of aldehydes is 1. The third-order valence-corrected chi connectivity index (χ3v) is 11.3. The number of ether oxygens (including phenoxy) is 2. The van der Waals surface area contributed by atoms with Crippen LogP contribution in [0.2, 0.25) is 5.15 Å². The number of carbonyl (C=O) groups excluding carboxylic acids is 1. The Bertz CT molecular complexity index is 1320. The molecule has 226 valence electrons. The van der Waals surface area contributed by atoms with Gasteiger partial charge in [0.25, 0.3) is 0 Å². The minimum Gasteiger partial charge on any atom is -0.497 e. The van der Waals surface area contributed by atoms with E-state index in [4.69, 9.17) is 26.1 Å². The highest BCUT2D eigenvalue weighted by molar-refractivity contribution is 7.89. The van der Waals surface area contributed by atoms with Crippen molar-refractivity contribution in [2.45, 2.75) is 89.2 Å². The number of halogens is 1. The number of nitrogens with zero attached hydrogens (tertiary/aromatic N) is 5. The number of aromatic nitrogens is 2. The molecule has 0 N–H and O–H groups in total. The fourth-order valence-electron chi connectivity index (χ4n) is 6.47. The lowest BCUT2D eigenvalue weighted by Crippen LogP contribution is -2.49. The van der Waals surface area contributed by atoms with Crippen molar-refractivity contribution in [3.63, 3.8) is 0 Å². The van der Waals surface area contributed by atoms with Crippen LogP contribution in [0, 0.1) is 13.8 Å². The van der Waals surface area contributed by atoms with Crippen LogP contribution in [0.15, 0.2) is 17.0 Å². The van der Waals surface area contributed by atoms with Crippen LogP contribution >= 0.6 is 11.6 Å². The minimum atomic E-state index is -3.77.